The summed E-state index contributed by atoms with van der Waals surface area (Å²) in [5.74, 6) is -5.74. The van der Waals surface area contributed by atoms with E-state index >= 15 is 0 Å². The number of hydrogen-bond acceptors (Lipinski definition) is 5. The zero-order valence-electron chi connectivity index (χ0n) is 16.4. The van der Waals surface area contributed by atoms with Crippen molar-refractivity contribution in [2.45, 2.75) is 37.6 Å². The largest absolute Gasteiger partial charge is 0.508 e. The molecule has 2 amide bonds. The fraction of sp³-hybridized carbons (Fsp3) is 0.350. The van der Waals surface area contributed by atoms with Crippen molar-refractivity contribution in [2.75, 3.05) is 5.32 Å². The Morgan fingerprint density at radius 3 is 2.52 bits per heavy atom. The minimum Gasteiger partial charge on any atom is -0.508 e. The number of rotatable bonds is 4. The van der Waals surface area contributed by atoms with E-state index in [4.69, 9.17) is 10.5 Å². The number of nitrogens with two attached hydrogens (primary N) is 1. The summed E-state index contributed by atoms with van der Waals surface area (Å²) in [4.78, 5) is 27.9. The number of primary amides is 1. The maximum atomic E-state index is 13.8. The van der Waals surface area contributed by atoms with E-state index in [1.807, 2.05) is 0 Å². The number of aromatic hydroxyl groups is 1. The first-order chi connectivity index (χ1) is 14.3. The molecule has 0 unspecified atom stereocenters. The molecule has 1 aromatic carbocycles. The zero-order valence-corrected chi connectivity index (χ0v) is 16.4. The highest BCUT2D eigenvalue weighted by molar-refractivity contribution is 5.97. The lowest BCUT2D eigenvalue weighted by atomic mass is 9.77. The molecule has 1 aliphatic rings. The summed E-state index contributed by atoms with van der Waals surface area (Å²) in [7, 11) is 0. The molecule has 2 aromatic rings. The smallest absolute Gasteiger partial charge is 0.417 e. The number of phenols is 1. The molecule has 4 N–H and O–H groups in total. The predicted molar refractivity (Wildman–Crippen MR) is 101 cm³/mol. The van der Waals surface area contributed by atoms with Crippen LogP contribution in [0, 0.1) is 11.7 Å². The number of pyridine rings is 1. The van der Waals surface area contributed by atoms with Gasteiger partial charge in [-0.05, 0) is 25.1 Å². The molecule has 31 heavy (non-hydrogen) atoms. The summed E-state index contributed by atoms with van der Waals surface area (Å²) >= 11 is 0. The third kappa shape index (κ3) is 4.05. The van der Waals surface area contributed by atoms with E-state index in [1.54, 1.807) is 0 Å². The summed E-state index contributed by atoms with van der Waals surface area (Å²) in [6.45, 7) is 2.06. The van der Waals surface area contributed by atoms with Gasteiger partial charge < -0.3 is 20.9 Å². The normalized spacial score (nSPS) is 25.9. The number of halogens is 4. The monoisotopic (exact) mass is 441 g/mol. The highest BCUT2D eigenvalue weighted by Crippen LogP contribution is 2.54. The van der Waals surface area contributed by atoms with Crippen LogP contribution in [-0.4, -0.2) is 39.8 Å². The van der Waals surface area contributed by atoms with Crippen LogP contribution in [0.1, 0.15) is 35.8 Å². The number of carbonyl (C=O) groups excluding carboxylic acids is 2. The fourth-order valence-corrected chi connectivity index (χ4v) is 3.68. The van der Waals surface area contributed by atoms with Crippen LogP contribution in [0.3, 0.4) is 0 Å². The molecular weight excluding hydrogens is 422 g/mol. The molecule has 0 bridgehead atoms. The number of anilines is 1. The Bertz CT molecular complexity index is 1030. The van der Waals surface area contributed by atoms with Gasteiger partial charge in [-0.25, -0.2) is 4.39 Å². The topological polar surface area (TPSA) is 115 Å². The number of nitrogens with one attached hydrogen (secondary N) is 1. The zero-order chi connectivity index (χ0) is 23.1. The molecule has 1 fully saturated rings. The number of nitrogens with zero attached hydrogens (tertiary/aromatic N) is 1. The summed E-state index contributed by atoms with van der Waals surface area (Å²) in [6.07, 6.45) is -5.31. The van der Waals surface area contributed by atoms with Crippen LogP contribution in [-0.2, 0) is 9.53 Å². The molecule has 4 atom stereocenters. The average Bonchev–Trinajstić information content (AvgIpc) is 2.94. The van der Waals surface area contributed by atoms with Crippen LogP contribution < -0.4 is 11.1 Å². The lowest BCUT2D eigenvalue weighted by Gasteiger charge is -2.31. The number of phenolic OH excluding ortho intramolecular Hbond substituents is 1. The molecule has 1 saturated heterocycles. The fourth-order valence-electron chi connectivity index (χ4n) is 3.68. The van der Waals surface area contributed by atoms with Crippen LogP contribution in [0.5, 0.6) is 5.75 Å². The minimum atomic E-state index is -4.83. The van der Waals surface area contributed by atoms with Crippen LogP contribution >= 0.6 is 0 Å². The maximum absolute atomic E-state index is 13.8. The van der Waals surface area contributed by atoms with Crippen molar-refractivity contribution in [3.63, 3.8) is 0 Å². The van der Waals surface area contributed by atoms with Gasteiger partial charge in [-0.1, -0.05) is 13.0 Å². The van der Waals surface area contributed by atoms with E-state index in [0.717, 1.165) is 31.2 Å². The first-order valence-corrected chi connectivity index (χ1v) is 9.15. The van der Waals surface area contributed by atoms with E-state index in [2.05, 4.69) is 10.3 Å². The van der Waals surface area contributed by atoms with Crippen molar-refractivity contribution < 1.29 is 37.0 Å². The third-order valence-electron chi connectivity index (χ3n) is 5.56. The van der Waals surface area contributed by atoms with Gasteiger partial charge in [0.1, 0.15) is 23.4 Å². The summed E-state index contributed by atoms with van der Waals surface area (Å²) in [6, 6.07) is 5.32. The van der Waals surface area contributed by atoms with Gasteiger partial charge in [-0.3, -0.25) is 14.6 Å². The van der Waals surface area contributed by atoms with Gasteiger partial charge in [0.2, 0.25) is 0 Å². The van der Waals surface area contributed by atoms with Gasteiger partial charge in [0, 0.05) is 35.3 Å². The Balaban J connectivity index is 2.01. The minimum absolute atomic E-state index is 0.0606. The Hall–Kier alpha value is -3.21. The molecule has 3 rings (SSSR count). The number of alkyl halides is 3. The van der Waals surface area contributed by atoms with Gasteiger partial charge in [-0.2, -0.15) is 13.2 Å². The van der Waals surface area contributed by atoms with Crippen LogP contribution in [0.15, 0.2) is 36.5 Å². The first-order valence-electron chi connectivity index (χ1n) is 9.15. The molecule has 166 valence electrons. The van der Waals surface area contributed by atoms with Gasteiger partial charge in [-0.15, -0.1) is 0 Å². The summed E-state index contributed by atoms with van der Waals surface area (Å²) in [5.41, 5.74) is 2.27. The average molecular weight is 441 g/mol. The SMILES string of the molecule is C[C@H]1[C@@H](c2ccc(F)cc2O)[C@@H](C(=O)Nc2ccnc(C(N)=O)c2)O[C@]1(C)C(F)(F)F. The molecule has 11 heteroatoms. The molecular formula is C20H19F4N3O4. The maximum Gasteiger partial charge on any atom is 0.417 e. The number of amides is 2. The summed E-state index contributed by atoms with van der Waals surface area (Å²) < 4.78 is 60.1. The standard InChI is InChI=1S/C20H19F4N3O4/c1-9-15(12-4-3-10(21)7-14(12)28)16(31-19(9,2)20(22,23)24)18(30)27-11-5-6-26-13(8-11)17(25)29/h3-9,15-16,28H,1-2H3,(H2,25,29)(H,26,27,30)/t9-,15-,16-,19-/m0/s1. The number of hydrogen-bond donors (Lipinski definition) is 3. The lowest BCUT2D eigenvalue weighted by Crippen LogP contribution is -2.47. The highest BCUT2D eigenvalue weighted by Gasteiger charge is 2.65. The number of aromatic nitrogens is 1. The van der Waals surface area contributed by atoms with Gasteiger partial charge >= 0.3 is 6.18 Å². The summed E-state index contributed by atoms with van der Waals surface area (Å²) in [5, 5.41) is 12.5. The number of benzene rings is 1. The van der Waals surface area contributed by atoms with Gasteiger partial charge in [0.25, 0.3) is 11.8 Å². The van der Waals surface area contributed by atoms with Gasteiger partial charge in [0.15, 0.2) is 5.60 Å². The predicted octanol–water partition coefficient (Wildman–Crippen LogP) is 3.10. The Morgan fingerprint density at radius 2 is 1.94 bits per heavy atom. The first kappa shape index (κ1) is 22.5. The molecule has 0 spiro atoms. The second-order valence-electron chi connectivity index (χ2n) is 7.44. The highest BCUT2D eigenvalue weighted by atomic mass is 19.4. The number of carbonyl (C=O) groups is 2. The van der Waals surface area contributed by atoms with Crippen LogP contribution in [0.4, 0.5) is 23.2 Å². The van der Waals surface area contributed by atoms with Crippen molar-refractivity contribution in [1.29, 1.82) is 0 Å². The third-order valence-corrected chi connectivity index (χ3v) is 5.56. The molecule has 0 saturated carbocycles. The van der Waals surface area contributed by atoms with Crippen LogP contribution in [0.2, 0.25) is 0 Å². The molecule has 0 aliphatic carbocycles. The van der Waals surface area contributed by atoms with Crippen molar-refractivity contribution in [1.82, 2.24) is 4.98 Å². The quantitative estimate of drug-likeness (QED) is 0.631. The Kier molecular flexibility index (Phi) is 5.66. The van der Waals surface area contributed by atoms with E-state index in [-0.39, 0.29) is 16.9 Å². The number of ether oxygens (including phenoxy) is 1. The van der Waals surface area contributed by atoms with Crippen molar-refractivity contribution in [3.05, 3.63) is 53.6 Å². The second kappa shape index (κ2) is 7.80. The van der Waals surface area contributed by atoms with Crippen molar-refractivity contribution >= 4 is 17.5 Å². The van der Waals surface area contributed by atoms with E-state index in [9.17, 15) is 32.3 Å². The van der Waals surface area contributed by atoms with Crippen LogP contribution in [0.25, 0.3) is 0 Å². The van der Waals surface area contributed by atoms with E-state index < -0.39 is 53.1 Å². The van der Waals surface area contributed by atoms with E-state index in [1.165, 1.54) is 19.2 Å². The van der Waals surface area contributed by atoms with Crippen molar-refractivity contribution in [2.24, 2.45) is 11.7 Å². The Labute approximate surface area is 174 Å². The molecule has 2 heterocycles. The second-order valence-corrected chi connectivity index (χ2v) is 7.44. The van der Waals surface area contributed by atoms with Gasteiger partial charge in [0.05, 0.1) is 0 Å². The van der Waals surface area contributed by atoms with Crippen molar-refractivity contribution in [3.8, 4) is 5.75 Å². The Morgan fingerprint density at radius 1 is 1.26 bits per heavy atom. The molecule has 1 aliphatic heterocycles. The molecule has 7 nitrogen and oxygen atoms in total. The van der Waals surface area contributed by atoms with E-state index in [0.29, 0.717) is 0 Å². The lowest BCUT2D eigenvalue weighted by molar-refractivity contribution is -0.272. The molecule has 1 aromatic heterocycles. The molecule has 0 radical (unpaired) electrons.